The van der Waals surface area contributed by atoms with Crippen molar-refractivity contribution in [3.8, 4) is 0 Å². The highest BCUT2D eigenvalue weighted by Crippen LogP contribution is 2.44. The lowest BCUT2D eigenvalue weighted by molar-refractivity contribution is 0.0833. The summed E-state index contributed by atoms with van der Waals surface area (Å²) in [5, 5.41) is 4.40. The summed E-state index contributed by atoms with van der Waals surface area (Å²) in [4.78, 5) is 2.65. The first-order chi connectivity index (χ1) is 9.27. The molecule has 1 aromatic rings. The van der Waals surface area contributed by atoms with Gasteiger partial charge >= 0.3 is 0 Å². The van der Waals surface area contributed by atoms with E-state index >= 15 is 0 Å². The molecule has 1 saturated heterocycles. The Balaban J connectivity index is 1.93. The quantitative estimate of drug-likeness (QED) is 0.912. The van der Waals surface area contributed by atoms with E-state index in [0.29, 0.717) is 6.04 Å². The summed E-state index contributed by atoms with van der Waals surface area (Å²) in [6.45, 7) is 6.70. The van der Waals surface area contributed by atoms with Crippen LogP contribution in [-0.2, 0) is 0 Å². The van der Waals surface area contributed by atoms with E-state index in [1.54, 1.807) is 0 Å². The molecule has 1 atom stereocenters. The second-order valence-electron chi connectivity index (χ2n) is 5.89. The molecular weight excluding hydrogens is 256 g/mol. The van der Waals surface area contributed by atoms with Gasteiger partial charge in [0, 0.05) is 37.2 Å². The van der Waals surface area contributed by atoms with E-state index in [1.165, 1.54) is 30.4 Å². The van der Waals surface area contributed by atoms with Crippen LogP contribution >= 0.6 is 11.6 Å². The number of nitrogens with zero attached hydrogens (tertiary/aromatic N) is 1. The van der Waals surface area contributed by atoms with Crippen LogP contribution in [0.15, 0.2) is 18.2 Å². The van der Waals surface area contributed by atoms with E-state index in [0.717, 1.165) is 37.1 Å². The van der Waals surface area contributed by atoms with E-state index in [2.05, 4.69) is 35.3 Å². The number of halogens is 1. The molecule has 1 N–H and O–H groups in total. The molecule has 0 bridgehead atoms. The number of rotatable bonds is 3. The Morgan fingerprint density at radius 1 is 1.26 bits per heavy atom. The summed E-state index contributed by atoms with van der Waals surface area (Å²) in [7, 11) is 0. The number of piperazine rings is 1. The van der Waals surface area contributed by atoms with E-state index in [9.17, 15) is 0 Å². The predicted molar refractivity (Wildman–Crippen MR) is 80.7 cm³/mol. The zero-order chi connectivity index (χ0) is 13.2. The average molecular weight is 279 g/mol. The molecule has 19 heavy (non-hydrogen) atoms. The molecule has 2 fully saturated rings. The highest BCUT2D eigenvalue weighted by atomic mass is 35.5. The number of nitrogens with one attached hydrogen (secondary N) is 1. The molecule has 1 aromatic carbocycles. The van der Waals surface area contributed by atoms with Gasteiger partial charge in [0.25, 0.3) is 0 Å². The Morgan fingerprint density at radius 2 is 2.00 bits per heavy atom. The topological polar surface area (TPSA) is 15.3 Å². The lowest BCUT2D eigenvalue weighted by Crippen LogP contribution is -2.48. The monoisotopic (exact) mass is 278 g/mol. The van der Waals surface area contributed by atoms with Gasteiger partial charge in [-0.1, -0.05) is 30.2 Å². The summed E-state index contributed by atoms with van der Waals surface area (Å²) in [5.74, 6) is 0.802. The van der Waals surface area contributed by atoms with Gasteiger partial charge in [0.1, 0.15) is 0 Å². The molecule has 1 aliphatic carbocycles. The van der Waals surface area contributed by atoms with E-state index in [-0.39, 0.29) is 0 Å². The standard InChI is InChI=1S/C16H23ClN2/c1-12-4-2-7-14(17)15(12)16(13-5-3-6-13)19-10-8-18-9-11-19/h2,4,7,13,16,18H,3,5-6,8-11H2,1H3/t16-/m1/s1. The second-order valence-corrected chi connectivity index (χ2v) is 6.30. The average Bonchev–Trinajstić information content (AvgIpc) is 2.36. The van der Waals surface area contributed by atoms with Gasteiger partial charge in [-0.3, -0.25) is 4.90 Å². The molecule has 1 aliphatic heterocycles. The van der Waals surface area contributed by atoms with Gasteiger partial charge in [0.2, 0.25) is 0 Å². The summed E-state index contributed by atoms with van der Waals surface area (Å²) < 4.78 is 0. The van der Waals surface area contributed by atoms with Crippen LogP contribution in [0.1, 0.15) is 36.4 Å². The number of benzene rings is 1. The second kappa shape index (κ2) is 5.82. The lowest BCUT2D eigenvalue weighted by atomic mass is 9.75. The predicted octanol–water partition coefficient (Wildman–Crippen LogP) is 3.39. The maximum Gasteiger partial charge on any atom is 0.0456 e. The molecule has 3 rings (SSSR count). The van der Waals surface area contributed by atoms with Crippen molar-refractivity contribution in [1.82, 2.24) is 10.2 Å². The smallest absolute Gasteiger partial charge is 0.0456 e. The maximum absolute atomic E-state index is 6.53. The van der Waals surface area contributed by atoms with Crippen molar-refractivity contribution in [2.24, 2.45) is 5.92 Å². The molecule has 0 unspecified atom stereocenters. The van der Waals surface area contributed by atoms with Crippen molar-refractivity contribution in [3.05, 3.63) is 34.3 Å². The maximum atomic E-state index is 6.53. The molecular formula is C16H23ClN2. The Hall–Kier alpha value is -0.570. The molecule has 104 valence electrons. The molecule has 1 heterocycles. The van der Waals surface area contributed by atoms with Crippen molar-refractivity contribution in [1.29, 1.82) is 0 Å². The molecule has 1 saturated carbocycles. The van der Waals surface area contributed by atoms with Gasteiger partial charge in [-0.15, -0.1) is 0 Å². The first kappa shape index (κ1) is 13.4. The minimum absolute atomic E-state index is 0.532. The van der Waals surface area contributed by atoms with Crippen LogP contribution in [0.5, 0.6) is 0 Å². The summed E-state index contributed by atoms with van der Waals surface area (Å²) >= 11 is 6.53. The Labute approximate surface area is 121 Å². The van der Waals surface area contributed by atoms with Crippen molar-refractivity contribution >= 4 is 11.6 Å². The van der Waals surface area contributed by atoms with Gasteiger partial charge < -0.3 is 5.32 Å². The Bertz CT molecular complexity index is 416. The molecule has 2 aliphatic rings. The highest BCUT2D eigenvalue weighted by molar-refractivity contribution is 6.31. The lowest BCUT2D eigenvalue weighted by Gasteiger charge is -2.44. The third kappa shape index (κ3) is 2.67. The van der Waals surface area contributed by atoms with Gasteiger partial charge in [0.05, 0.1) is 0 Å². The van der Waals surface area contributed by atoms with Crippen molar-refractivity contribution < 1.29 is 0 Å². The summed E-state index contributed by atoms with van der Waals surface area (Å²) in [6, 6.07) is 6.85. The van der Waals surface area contributed by atoms with Gasteiger partial charge in [-0.05, 0) is 42.9 Å². The SMILES string of the molecule is Cc1cccc(Cl)c1[C@@H](C1CCC1)N1CCNCC1. The minimum Gasteiger partial charge on any atom is -0.314 e. The van der Waals surface area contributed by atoms with Crippen LogP contribution in [0, 0.1) is 12.8 Å². The minimum atomic E-state index is 0.532. The normalized spacial score (nSPS) is 23.1. The Morgan fingerprint density at radius 3 is 2.58 bits per heavy atom. The van der Waals surface area contributed by atoms with E-state index in [4.69, 9.17) is 11.6 Å². The van der Waals surface area contributed by atoms with Crippen molar-refractivity contribution in [2.45, 2.75) is 32.2 Å². The number of aryl methyl sites for hydroxylation is 1. The van der Waals surface area contributed by atoms with Crippen LogP contribution in [0.25, 0.3) is 0 Å². The first-order valence-electron chi connectivity index (χ1n) is 7.47. The van der Waals surface area contributed by atoms with Crippen LogP contribution in [0.3, 0.4) is 0 Å². The largest absolute Gasteiger partial charge is 0.314 e. The fraction of sp³-hybridized carbons (Fsp3) is 0.625. The van der Waals surface area contributed by atoms with Crippen LogP contribution < -0.4 is 5.32 Å². The highest BCUT2D eigenvalue weighted by Gasteiger charge is 2.35. The molecule has 3 heteroatoms. The molecule has 0 aromatic heterocycles. The van der Waals surface area contributed by atoms with Crippen molar-refractivity contribution in [2.75, 3.05) is 26.2 Å². The molecule has 2 nitrogen and oxygen atoms in total. The van der Waals surface area contributed by atoms with Crippen LogP contribution in [0.2, 0.25) is 5.02 Å². The van der Waals surface area contributed by atoms with Crippen molar-refractivity contribution in [3.63, 3.8) is 0 Å². The number of hydrogen-bond acceptors (Lipinski definition) is 2. The van der Waals surface area contributed by atoms with E-state index in [1.807, 2.05) is 0 Å². The zero-order valence-electron chi connectivity index (χ0n) is 11.7. The summed E-state index contributed by atoms with van der Waals surface area (Å²) in [5.41, 5.74) is 2.73. The summed E-state index contributed by atoms with van der Waals surface area (Å²) in [6.07, 6.45) is 4.11. The fourth-order valence-corrected chi connectivity index (χ4v) is 3.79. The van der Waals surface area contributed by atoms with Crippen LogP contribution in [-0.4, -0.2) is 31.1 Å². The fourth-order valence-electron chi connectivity index (χ4n) is 3.45. The Kier molecular flexibility index (Phi) is 4.11. The third-order valence-electron chi connectivity index (χ3n) is 4.71. The van der Waals surface area contributed by atoms with E-state index < -0.39 is 0 Å². The molecule has 0 radical (unpaired) electrons. The number of hydrogen-bond donors (Lipinski definition) is 1. The molecule has 0 spiro atoms. The van der Waals surface area contributed by atoms with Gasteiger partial charge in [-0.25, -0.2) is 0 Å². The molecule has 0 amide bonds. The zero-order valence-corrected chi connectivity index (χ0v) is 12.4. The van der Waals surface area contributed by atoms with Gasteiger partial charge in [0.15, 0.2) is 0 Å². The first-order valence-corrected chi connectivity index (χ1v) is 7.85. The van der Waals surface area contributed by atoms with Crippen LogP contribution in [0.4, 0.5) is 0 Å². The third-order valence-corrected chi connectivity index (χ3v) is 5.04. The van der Waals surface area contributed by atoms with Gasteiger partial charge in [-0.2, -0.15) is 0 Å².